The van der Waals surface area contributed by atoms with E-state index in [1.54, 1.807) is 18.2 Å². The van der Waals surface area contributed by atoms with Gasteiger partial charge < -0.3 is 10.0 Å². The molecule has 5 rings (SSSR count). The van der Waals surface area contributed by atoms with Crippen LogP contribution in [-0.2, 0) is 19.0 Å². The highest BCUT2D eigenvalue weighted by atomic mass is 35.5. The average molecular weight is 586 g/mol. The van der Waals surface area contributed by atoms with Crippen molar-refractivity contribution in [3.63, 3.8) is 0 Å². The summed E-state index contributed by atoms with van der Waals surface area (Å²) in [6.07, 6.45) is -0.662. The number of fused-ring (bicyclic) bond motifs is 1. The highest BCUT2D eigenvalue weighted by Crippen LogP contribution is 2.46. The SMILES string of the molecule is O=C(O)c1ccc2c(c1)CCCC(c1cccc(Cl)c1C(F)(F)F)=C2c1ccc(CC2CCN(CCCF)C2)cc1. The van der Waals surface area contributed by atoms with E-state index in [1.165, 1.54) is 18.2 Å². The van der Waals surface area contributed by atoms with E-state index < -0.39 is 17.7 Å². The van der Waals surface area contributed by atoms with Gasteiger partial charge in [0, 0.05) is 13.1 Å². The summed E-state index contributed by atoms with van der Waals surface area (Å²) in [4.78, 5) is 14.0. The van der Waals surface area contributed by atoms with E-state index in [9.17, 15) is 27.5 Å². The third kappa shape index (κ3) is 6.52. The van der Waals surface area contributed by atoms with Crippen molar-refractivity contribution in [3.05, 3.63) is 105 Å². The second-order valence-corrected chi connectivity index (χ2v) is 11.4. The van der Waals surface area contributed by atoms with E-state index in [1.807, 2.05) is 24.3 Å². The van der Waals surface area contributed by atoms with E-state index in [0.29, 0.717) is 42.7 Å². The summed E-state index contributed by atoms with van der Waals surface area (Å²) in [7, 11) is 0. The summed E-state index contributed by atoms with van der Waals surface area (Å²) in [6, 6.07) is 17.1. The minimum Gasteiger partial charge on any atom is -0.478 e. The van der Waals surface area contributed by atoms with Crippen molar-refractivity contribution in [2.24, 2.45) is 5.92 Å². The number of carboxylic acids is 1. The average Bonchev–Trinajstić information content (AvgIpc) is 3.29. The Morgan fingerprint density at radius 1 is 1.02 bits per heavy atom. The molecule has 0 bridgehead atoms. The molecule has 0 saturated carbocycles. The molecule has 3 aromatic rings. The second kappa shape index (κ2) is 12.4. The minimum absolute atomic E-state index is 0.0542. The fourth-order valence-electron chi connectivity index (χ4n) is 6.29. The number of carbonyl (C=O) groups is 1. The number of alkyl halides is 4. The van der Waals surface area contributed by atoms with Crippen molar-refractivity contribution >= 4 is 28.7 Å². The molecule has 3 nitrogen and oxygen atoms in total. The van der Waals surface area contributed by atoms with Crippen LogP contribution in [0, 0.1) is 5.92 Å². The van der Waals surface area contributed by atoms with Gasteiger partial charge in [-0.05, 0) is 108 Å². The quantitative estimate of drug-likeness (QED) is 0.269. The molecule has 3 aromatic carbocycles. The molecular formula is C33H32ClF4NO2. The van der Waals surface area contributed by atoms with Crippen molar-refractivity contribution in [2.75, 3.05) is 26.3 Å². The number of allylic oxidation sites excluding steroid dienone is 1. The van der Waals surface area contributed by atoms with E-state index in [2.05, 4.69) is 4.90 Å². The highest BCUT2D eigenvalue weighted by Gasteiger charge is 2.37. The number of rotatable bonds is 8. The number of nitrogens with zero attached hydrogens (tertiary/aromatic N) is 1. The Hall–Kier alpha value is -3.16. The first-order chi connectivity index (χ1) is 19.7. The van der Waals surface area contributed by atoms with Crippen LogP contribution in [0.2, 0.25) is 5.02 Å². The normalized spacial score (nSPS) is 17.9. The van der Waals surface area contributed by atoms with Gasteiger partial charge in [-0.2, -0.15) is 13.2 Å². The van der Waals surface area contributed by atoms with Crippen LogP contribution >= 0.6 is 11.6 Å². The Bertz CT molecular complexity index is 1450. The number of benzene rings is 3. The summed E-state index contributed by atoms with van der Waals surface area (Å²) in [5.74, 6) is -0.569. The smallest absolute Gasteiger partial charge is 0.418 e. The van der Waals surface area contributed by atoms with Crippen molar-refractivity contribution in [3.8, 4) is 0 Å². The number of aromatic carboxylic acids is 1. The Balaban J connectivity index is 1.58. The molecule has 1 saturated heterocycles. The largest absolute Gasteiger partial charge is 0.478 e. The first-order valence-corrected chi connectivity index (χ1v) is 14.4. The molecule has 1 aliphatic carbocycles. The van der Waals surface area contributed by atoms with Crippen molar-refractivity contribution < 1.29 is 27.5 Å². The molecule has 2 aliphatic rings. The first kappa shape index (κ1) is 29.3. The zero-order chi connectivity index (χ0) is 29.1. The number of carboxylic acid groups (broad SMARTS) is 1. The third-order valence-corrected chi connectivity index (χ3v) is 8.48. The Labute approximate surface area is 242 Å². The molecule has 1 unspecified atom stereocenters. The lowest BCUT2D eigenvalue weighted by Crippen LogP contribution is -2.22. The molecule has 1 fully saturated rings. The molecule has 0 spiro atoms. The zero-order valence-corrected chi connectivity index (χ0v) is 23.4. The molecule has 0 aromatic heterocycles. The second-order valence-electron chi connectivity index (χ2n) is 10.9. The molecule has 1 atom stereocenters. The summed E-state index contributed by atoms with van der Waals surface area (Å²) >= 11 is 6.13. The van der Waals surface area contributed by atoms with Crippen LogP contribution in [-0.4, -0.2) is 42.3 Å². The minimum atomic E-state index is -4.64. The van der Waals surface area contributed by atoms with E-state index >= 15 is 0 Å². The van der Waals surface area contributed by atoms with Crippen molar-refractivity contribution in [2.45, 2.75) is 44.7 Å². The van der Waals surface area contributed by atoms with E-state index in [0.717, 1.165) is 54.7 Å². The summed E-state index contributed by atoms with van der Waals surface area (Å²) < 4.78 is 55.4. The Morgan fingerprint density at radius 3 is 2.51 bits per heavy atom. The van der Waals surface area contributed by atoms with Gasteiger partial charge in [0.05, 0.1) is 22.8 Å². The summed E-state index contributed by atoms with van der Waals surface area (Å²) in [5, 5.41) is 9.21. The van der Waals surface area contributed by atoms with Gasteiger partial charge in [0.25, 0.3) is 0 Å². The lowest BCUT2D eigenvalue weighted by atomic mass is 9.85. The lowest BCUT2D eigenvalue weighted by molar-refractivity contribution is -0.137. The maximum absolute atomic E-state index is 14.3. The molecule has 1 heterocycles. The molecular weight excluding hydrogens is 554 g/mol. The van der Waals surface area contributed by atoms with Gasteiger partial charge in [0.15, 0.2) is 0 Å². The monoisotopic (exact) mass is 585 g/mol. The van der Waals surface area contributed by atoms with Gasteiger partial charge in [-0.25, -0.2) is 4.79 Å². The number of halogens is 5. The molecule has 1 N–H and O–H groups in total. The molecule has 1 aliphatic heterocycles. The van der Waals surface area contributed by atoms with Gasteiger partial charge in [0.1, 0.15) is 0 Å². The predicted molar refractivity (Wildman–Crippen MR) is 154 cm³/mol. The van der Waals surface area contributed by atoms with E-state index in [-0.39, 0.29) is 22.8 Å². The summed E-state index contributed by atoms with van der Waals surface area (Å²) in [5.41, 5.74) is 4.03. The Kier molecular flexibility index (Phi) is 8.85. The van der Waals surface area contributed by atoms with Gasteiger partial charge >= 0.3 is 12.1 Å². The molecule has 41 heavy (non-hydrogen) atoms. The van der Waals surface area contributed by atoms with Crippen LogP contribution in [0.4, 0.5) is 17.6 Å². The fourth-order valence-corrected chi connectivity index (χ4v) is 6.57. The Morgan fingerprint density at radius 2 is 1.80 bits per heavy atom. The molecule has 0 amide bonds. The predicted octanol–water partition coefficient (Wildman–Crippen LogP) is 8.58. The van der Waals surface area contributed by atoms with Gasteiger partial charge in [-0.1, -0.05) is 54.1 Å². The standard InChI is InChI=1S/C33H32ClF4NO2/c34-29-7-2-6-28(31(29)33(36,37)38)27-5-1-4-24-19-25(32(40)41)12-13-26(24)30(27)23-10-8-21(9-11-23)18-22-14-17-39(20-22)16-3-15-35/h2,6-13,19,22H,1,3-5,14-18,20H2,(H,40,41). The third-order valence-electron chi connectivity index (χ3n) is 8.16. The zero-order valence-electron chi connectivity index (χ0n) is 22.6. The maximum Gasteiger partial charge on any atom is 0.418 e. The number of aryl methyl sites for hydroxylation is 1. The summed E-state index contributed by atoms with van der Waals surface area (Å²) in [6.45, 7) is 2.37. The maximum atomic E-state index is 14.3. The molecule has 8 heteroatoms. The van der Waals surface area contributed by atoms with Gasteiger partial charge in [-0.3, -0.25) is 4.39 Å². The lowest BCUT2D eigenvalue weighted by Gasteiger charge is -2.21. The highest BCUT2D eigenvalue weighted by molar-refractivity contribution is 6.31. The molecule has 0 radical (unpaired) electrons. The van der Waals surface area contributed by atoms with Crippen LogP contribution in [0.5, 0.6) is 0 Å². The van der Waals surface area contributed by atoms with Gasteiger partial charge in [-0.15, -0.1) is 0 Å². The van der Waals surface area contributed by atoms with Crippen LogP contribution in [0.15, 0.2) is 60.7 Å². The van der Waals surface area contributed by atoms with E-state index in [4.69, 9.17) is 11.6 Å². The van der Waals surface area contributed by atoms with Gasteiger partial charge in [0.2, 0.25) is 0 Å². The topological polar surface area (TPSA) is 40.5 Å². The van der Waals surface area contributed by atoms with Crippen LogP contribution in [0.25, 0.3) is 11.1 Å². The van der Waals surface area contributed by atoms with Crippen molar-refractivity contribution in [1.82, 2.24) is 4.90 Å². The molecule has 216 valence electrons. The van der Waals surface area contributed by atoms with Crippen LogP contribution in [0.1, 0.15) is 69.4 Å². The van der Waals surface area contributed by atoms with Crippen LogP contribution < -0.4 is 0 Å². The first-order valence-electron chi connectivity index (χ1n) is 14.0. The van der Waals surface area contributed by atoms with Crippen molar-refractivity contribution in [1.29, 1.82) is 0 Å². The number of hydrogen-bond acceptors (Lipinski definition) is 2. The number of hydrogen-bond donors (Lipinski definition) is 1. The van der Waals surface area contributed by atoms with Crippen LogP contribution in [0.3, 0.4) is 0 Å². The fraction of sp³-hybridized carbons (Fsp3) is 0.364. The number of likely N-dealkylation sites (tertiary alicyclic amines) is 1.